The zero-order valence-electron chi connectivity index (χ0n) is 15.2. The highest BCUT2D eigenvalue weighted by molar-refractivity contribution is 9.12. The lowest BCUT2D eigenvalue weighted by Gasteiger charge is -2.30. The second-order valence-corrected chi connectivity index (χ2v) is 8.41. The predicted molar refractivity (Wildman–Crippen MR) is 115 cm³/mol. The number of nitrogens with one attached hydrogen (secondary N) is 1. The lowest BCUT2D eigenvalue weighted by atomic mass is 9.90. The number of halogens is 6. The van der Waals surface area contributed by atoms with Gasteiger partial charge in [0.2, 0.25) is 5.60 Å². The molecule has 0 saturated carbocycles. The van der Waals surface area contributed by atoms with E-state index in [0.717, 1.165) is 12.1 Å². The number of fused-ring (bicyclic) bond motifs is 1. The first-order valence-electron chi connectivity index (χ1n) is 8.69. The minimum atomic E-state index is -4.90. The van der Waals surface area contributed by atoms with Gasteiger partial charge in [-0.2, -0.15) is 13.2 Å². The number of carboxylic acid groups (broad SMARTS) is 1. The largest absolute Gasteiger partial charge is 0.478 e. The first kappa shape index (κ1) is 22.0. The maximum atomic E-state index is 14.4. The molecule has 2 N–H and O–H groups in total. The van der Waals surface area contributed by atoms with Gasteiger partial charge in [0.1, 0.15) is 0 Å². The Morgan fingerprint density at radius 1 is 1.03 bits per heavy atom. The summed E-state index contributed by atoms with van der Waals surface area (Å²) in [4.78, 5) is 16.7. The summed E-state index contributed by atoms with van der Waals surface area (Å²) in [6.45, 7) is 0. The summed E-state index contributed by atoms with van der Waals surface area (Å²) in [6, 6.07) is 12.8. The topological polar surface area (TPSA) is 58.6 Å². The molecule has 0 spiro atoms. The van der Waals surface area contributed by atoms with Crippen LogP contribution in [-0.2, 0) is 10.4 Å². The molecule has 0 amide bonds. The van der Waals surface area contributed by atoms with Crippen molar-refractivity contribution >= 4 is 61.6 Å². The van der Waals surface area contributed by atoms with Gasteiger partial charge in [0.25, 0.3) is 0 Å². The molecule has 4 rings (SSSR count). The molecule has 1 unspecified atom stereocenters. The highest BCUT2D eigenvalue weighted by atomic mass is 79.9. The number of alkyl halides is 3. The Balaban J connectivity index is 2.00. The van der Waals surface area contributed by atoms with Crippen molar-refractivity contribution in [1.82, 2.24) is 5.48 Å². The number of carboxylic acids is 1. The zero-order chi connectivity index (χ0) is 22.6. The van der Waals surface area contributed by atoms with Crippen molar-refractivity contribution in [3.63, 3.8) is 0 Å². The van der Waals surface area contributed by atoms with Crippen LogP contribution >= 0.6 is 39.1 Å². The molecule has 1 atom stereocenters. The fraction of sp³-hybridized carbons (Fsp3) is 0.0952. The van der Waals surface area contributed by atoms with Crippen molar-refractivity contribution < 1.29 is 27.9 Å². The Morgan fingerprint density at radius 3 is 2.23 bits per heavy atom. The van der Waals surface area contributed by atoms with Gasteiger partial charge in [-0.05, 0) is 51.0 Å². The molecule has 4 nitrogen and oxygen atoms in total. The smallest absolute Gasteiger partial charge is 0.429 e. The number of rotatable bonds is 3. The van der Waals surface area contributed by atoms with Crippen LogP contribution in [0, 0.1) is 0 Å². The molecule has 0 aliphatic carbocycles. The molecular weight excluding hydrogens is 522 g/mol. The van der Waals surface area contributed by atoms with Crippen LogP contribution in [0.1, 0.15) is 21.5 Å². The van der Waals surface area contributed by atoms with Crippen LogP contribution < -0.4 is 5.48 Å². The number of aromatic carboxylic acids is 1. The van der Waals surface area contributed by atoms with Gasteiger partial charge in [-0.3, -0.25) is 5.48 Å². The molecule has 10 heteroatoms. The quantitative estimate of drug-likeness (QED) is 0.385. The number of benzene rings is 3. The average molecular weight is 533 g/mol. The van der Waals surface area contributed by atoms with Crippen molar-refractivity contribution in [2.24, 2.45) is 0 Å². The standard InChI is InChI=1S/C21H11BrCl2F3NO3/c22-18-17(15-5-6-16(19(29)30)14-4-2-1-3-13(14)15)28-31-20(18,21(25,26)27)10-7-11(23)9-12(24)8-10/h1-9,28H,(H,29,30). The minimum absolute atomic E-state index is 0.00145. The third kappa shape index (κ3) is 3.47. The van der Waals surface area contributed by atoms with Gasteiger partial charge in [-0.25, -0.2) is 9.63 Å². The maximum absolute atomic E-state index is 14.4. The Morgan fingerprint density at radius 2 is 1.65 bits per heavy atom. The number of carbonyl (C=O) groups is 1. The summed E-state index contributed by atoms with van der Waals surface area (Å²) in [5, 5.41) is 10.3. The highest BCUT2D eigenvalue weighted by Crippen LogP contribution is 2.55. The Labute approximate surface area is 192 Å². The second-order valence-electron chi connectivity index (χ2n) is 6.74. The zero-order valence-corrected chi connectivity index (χ0v) is 18.3. The van der Waals surface area contributed by atoms with E-state index in [4.69, 9.17) is 28.0 Å². The summed E-state index contributed by atoms with van der Waals surface area (Å²) in [6.07, 6.45) is -4.90. The van der Waals surface area contributed by atoms with Crippen LogP contribution in [0.2, 0.25) is 10.0 Å². The molecule has 160 valence electrons. The van der Waals surface area contributed by atoms with Gasteiger partial charge in [0, 0.05) is 21.2 Å². The van der Waals surface area contributed by atoms with Crippen molar-refractivity contribution in [3.05, 3.63) is 85.8 Å². The summed E-state index contributed by atoms with van der Waals surface area (Å²) in [7, 11) is 0. The number of hydroxylamine groups is 1. The fourth-order valence-electron chi connectivity index (χ4n) is 3.56. The third-order valence-corrected chi connectivity index (χ3v) is 6.32. The van der Waals surface area contributed by atoms with Crippen molar-refractivity contribution in [2.75, 3.05) is 0 Å². The summed E-state index contributed by atoms with van der Waals surface area (Å²) < 4.78 is 42.8. The molecule has 1 heterocycles. The van der Waals surface area contributed by atoms with E-state index in [1.54, 1.807) is 24.3 Å². The van der Waals surface area contributed by atoms with Gasteiger partial charge < -0.3 is 5.11 Å². The normalized spacial score (nSPS) is 19.0. The van der Waals surface area contributed by atoms with E-state index < -0.39 is 17.7 Å². The monoisotopic (exact) mass is 531 g/mol. The van der Waals surface area contributed by atoms with Crippen molar-refractivity contribution in [2.45, 2.75) is 11.8 Å². The average Bonchev–Trinajstić information content (AvgIpc) is 3.04. The number of hydrogen-bond donors (Lipinski definition) is 2. The minimum Gasteiger partial charge on any atom is -0.478 e. The number of hydrogen-bond acceptors (Lipinski definition) is 3. The van der Waals surface area contributed by atoms with Crippen molar-refractivity contribution in [3.8, 4) is 0 Å². The highest BCUT2D eigenvalue weighted by Gasteiger charge is 2.64. The Kier molecular flexibility index (Phi) is 5.46. The molecular formula is C21H11BrCl2F3NO3. The van der Waals surface area contributed by atoms with Crippen LogP contribution in [0.4, 0.5) is 13.2 Å². The van der Waals surface area contributed by atoms with Crippen LogP contribution in [0.15, 0.2) is 59.1 Å². The predicted octanol–water partition coefficient (Wildman–Crippen LogP) is 6.90. The van der Waals surface area contributed by atoms with Gasteiger partial charge >= 0.3 is 12.1 Å². The van der Waals surface area contributed by atoms with Crippen molar-refractivity contribution in [1.29, 1.82) is 0 Å². The third-order valence-electron chi connectivity index (χ3n) is 4.93. The van der Waals surface area contributed by atoms with Crippen LogP contribution in [0.3, 0.4) is 0 Å². The van der Waals surface area contributed by atoms with E-state index in [9.17, 15) is 23.1 Å². The summed E-state index contributed by atoms with van der Waals surface area (Å²) in [5.41, 5.74) is -0.503. The lowest BCUT2D eigenvalue weighted by molar-refractivity contribution is -0.270. The molecule has 0 saturated heterocycles. The maximum Gasteiger partial charge on any atom is 0.429 e. The molecule has 0 bridgehead atoms. The molecule has 3 aromatic carbocycles. The second kappa shape index (κ2) is 7.70. The van der Waals surface area contributed by atoms with E-state index in [1.807, 2.05) is 0 Å². The van der Waals surface area contributed by atoms with E-state index in [-0.39, 0.29) is 31.4 Å². The van der Waals surface area contributed by atoms with Gasteiger partial charge in [-0.15, -0.1) is 0 Å². The summed E-state index contributed by atoms with van der Waals surface area (Å²) >= 11 is 15.0. The van der Waals surface area contributed by atoms with Crippen LogP contribution in [0.25, 0.3) is 16.5 Å². The van der Waals surface area contributed by atoms with Gasteiger partial charge in [0.05, 0.1) is 15.7 Å². The van der Waals surface area contributed by atoms with Gasteiger partial charge in [0.15, 0.2) is 0 Å². The van der Waals surface area contributed by atoms with Crippen LogP contribution in [-0.4, -0.2) is 17.3 Å². The lowest BCUT2D eigenvalue weighted by Crippen LogP contribution is -2.44. The molecule has 0 aromatic heterocycles. The molecule has 0 radical (unpaired) electrons. The Hall–Kier alpha value is -2.26. The Bertz CT molecular complexity index is 1240. The summed E-state index contributed by atoms with van der Waals surface area (Å²) in [5.74, 6) is -1.15. The van der Waals surface area contributed by atoms with E-state index in [0.29, 0.717) is 16.3 Å². The van der Waals surface area contributed by atoms with E-state index >= 15 is 0 Å². The van der Waals surface area contributed by atoms with E-state index in [2.05, 4.69) is 21.4 Å². The molecule has 1 aliphatic rings. The first-order valence-corrected chi connectivity index (χ1v) is 10.2. The molecule has 1 aliphatic heterocycles. The first-order chi connectivity index (χ1) is 14.6. The molecule has 31 heavy (non-hydrogen) atoms. The SMILES string of the molecule is O=C(O)c1ccc(C2=C(Br)C(c3cc(Cl)cc(Cl)c3)(C(F)(F)F)ON2)c2ccccc12. The molecule has 0 fully saturated rings. The van der Waals surface area contributed by atoms with Gasteiger partial charge in [-0.1, -0.05) is 53.5 Å². The fourth-order valence-corrected chi connectivity index (χ4v) is 4.91. The van der Waals surface area contributed by atoms with Crippen LogP contribution in [0.5, 0.6) is 0 Å². The molecule has 3 aromatic rings. The van der Waals surface area contributed by atoms with E-state index in [1.165, 1.54) is 18.2 Å².